The molecule has 0 fully saturated rings. The molecular weight excluding hydrogens is 194 g/mol. The maximum absolute atomic E-state index is 10.8. The van der Waals surface area contributed by atoms with Gasteiger partial charge < -0.3 is 21.0 Å². The molecule has 0 aromatic rings. The average molecular weight is 205 g/mol. The summed E-state index contributed by atoms with van der Waals surface area (Å²) in [7, 11) is 0. The van der Waals surface area contributed by atoms with E-state index in [4.69, 9.17) is 10.8 Å². The van der Waals surface area contributed by atoms with Gasteiger partial charge in [-0.25, -0.2) is 9.59 Å². The molecule has 1 unspecified atom stereocenters. The predicted molar refractivity (Wildman–Crippen MR) is 43.7 cm³/mol. The van der Waals surface area contributed by atoms with E-state index in [1.165, 1.54) is 0 Å². The molecule has 0 rings (SSSR count). The van der Waals surface area contributed by atoms with Crippen LogP contribution in [0.4, 0.5) is 4.79 Å². The maximum atomic E-state index is 10.8. The van der Waals surface area contributed by atoms with Crippen LogP contribution in [-0.4, -0.2) is 29.1 Å². The molecule has 2 amide bonds. The smallest absolute Gasteiger partial charge is 0.347 e. The van der Waals surface area contributed by atoms with E-state index in [-0.39, 0.29) is 12.8 Å². The molecule has 0 spiro atoms. The van der Waals surface area contributed by atoms with Gasteiger partial charge in [0.1, 0.15) is 6.04 Å². The standard InChI is InChI=1S/C6H11N3O5/c7-6(13)9-3(5(12)14-8)1-2-4(10)11/h3H,1-2,8H2,(H,10,11)(H3,7,9,13). The number of carboxylic acid groups (broad SMARTS) is 1. The zero-order valence-corrected chi connectivity index (χ0v) is 7.23. The summed E-state index contributed by atoms with van der Waals surface area (Å²) in [6.45, 7) is 0. The topological polar surface area (TPSA) is 145 Å². The molecule has 80 valence electrons. The Morgan fingerprint density at radius 1 is 1.43 bits per heavy atom. The van der Waals surface area contributed by atoms with Gasteiger partial charge in [-0.05, 0) is 6.42 Å². The Morgan fingerprint density at radius 3 is 2.36 bits per heavy atom. The van der Waals surface area contributed by atoms with Gasteiger partial charge >= 0.3 is 18.0 Å². The number of carboxylic acids is 1. The summed E-state index contributed by atoms with van der Waals surface area (Å²) >= 11 is 0. The van der Waals surface area contributed by atoms with E-state index >= 15 is 0 Å². The third-order valence-corrected chi connectivity index (χ3v) is 1.36. The van der Waals surface area contributed by atoms with Gasteiger partial charge in [-0.3, -0.25) is 4.79 Å². The van der Waals surface area contributed by atoms with Crippen LogP contribution in [0.3, 0.4) is 0 Å². The van der Waals surface area contributed by atoms with Crippen molar-refractivity contribution in [3.63, 3.8) is 0 Å². The van der Waals surface area contributed by atoms with Gasteiger partial charge in [0.25, 0.3) is 0 Å². The Hall–Kier alpha value is -1.83. The lowest BCUT2D eigenvalue weighted by Crippen LogP contribution is -2.45. The van der Waals surface area contributed by atoms with Crippen LogP contribution >= 0.6 is 0 Å². The quantitative estimate of drug-likeness (QED) is 0.394. The van der Waals surface area contributed by atoms with E-state index < -0.39 is 24.0 Å². The monoisotopic (exact) mass is 205 g/mol. The summed E-state index contributed by atoms with van der Waals surface area (Å²) in [4.78, 5) is 35.3. The van der Waals surface area contributed by atoms with Gasteiger partial charge in [-0.15, -0.1) is 0 Å². The van der Waals surface area contributed by atoms with Gasteiger partial charge in [0.2, 0.25) is 0 Å². The number of rotatable bonds is 5. The van der Waals surface area contributed by atoms with E-state index in [1.807, 2.05) is 5.32 Å². The number of urea groups is 1. The summed E-state index contributed by atoms with van der Waals surface area (Å²) in [5.41, 5.74) is 4.75. The third kappa shape index (κ3) is 4.93. The zero-order chi connectivity index (χ0) is 11.1. The highest BCUT2D eigenvalue weighted by Gasteiger charge is 2.21. The first-order chi connectivity index (χ1) is 6.47. The number of primary amides is 1. The first-order valence-corrected chi connectivity index (χ1v) is 3.65. The lowest BCUT2D eigenvalue weighted by Gasteiger charge is -2.12. The maximum Gasteiger partial charge on any atom is 0.347 e. The molecule has 0 aromatic carbocycles. The summed E-state index contributed by atoms with van der Waals surface area (Å²) in [6.07, 6.45) is -0.436. The predicted octanol–water partition coefficient (Wildman–Crippen LogP) is -1.69. The number of carbonyl (C=O) groups is 3. The van der Waals surface area contributed by atoms with E-state index in [1.54, 1.807) is 0 Å². The molecule has 8 heteroatoms. The van der Waals surface area contributed by atoms with Crippen LogP contribution in [0.2, 0.25) is 0 Å². The van der Waals surface area contributed by atoms with Crippen LogP contribution in [0, 0.1) is 0 Å². The lowest BCUT2D eigenvalue weighted by atomic mass is 10.1. The fourth-order valence-corrected chi connectivity index (χ4v) is 0.771. The largest absolute Gasteiger partial charge is 0.481 e. The first kappa shape index (κ1) is 12.2. The summed E-state index contributed by atoms with van der Waals surface area (Å²) in [5.74, 6) is 2.52. The van der Waals surface area contributed by atoms with Crippen LogP contribution in [0.25, 0.3) is 0 Å². The highest BCUT2D eigenvalue weighted by Crippen LogP contribution is 1.98. The minimum Gasteiger partial charge on any atom is -0.481 e. The third-order valence-electron chi connectivity index (χ3n) is 1.36. The van der Waals surface area contributed by atoms with Gasteiger partial charge in [-0.1, -0.05) is 0 Å². The molecule has 6 N–H and O–H groups in total. The Bertz CT molecular complexity index is 242. The SMILES string of the molecule is NOC(=O)C(CCC(=O)O)NC(N)=O. The van der Waals surface area contributed by atoms with Gasteiger partial charge in [0.05, 0.1) is 0 Å². The summed E-state index contributed by atoms with van der Waals surface area (Å²) in [6, 6.07) is -2.08. The number of carbonyl (C=O) groups excluding carboxylic acids is 2. The molecule has 1 atom stereocenters. The second-order valence-electron chi connectivity index (χ2n) is 2.43. The molecule has 14 heavy (non-hydrogen) atoms. The molecule has 0 aliphatic rings. The van der Waals surface area contributed by atoms with Crippen molar-refractivity contribution in [2.75, 3.05) is 0 Å². The molecule has 0 radical (unpaired) electrons. The van der Waals surface area contributed by atoms with Crippen molar-refractivity contribution in [1.29, 1.82) is 0 Å². The Labute approximate surface area is 79.1 Å². The van der Waals surface area contributed by atoms with Crippen molar-refractivity contribution < 1.29 is 24.3 Å². The number of nitrogens with one attached hydrogen (secondary N) is 1. The van der Waals surface area contributed by atoms with Crippen molar-refractivity contribution in [3.8, 4) is 0 Å². The summed E-state index contributed by atoms with van der Waals surface area (Å²) < 4.78 is 0. The minimum atomic E-state index is -1.13. The number of hydrogen-bond donors (Lipinski definition) is 4. The molecule has 0 heterocycles. The fourth-order valence-electron chi connectivity index (χ4n) is 0.771. The molecule has 0 aromatic heterocycles. The second kappa shape index (κ2) is 5.75. The lowest BCUT2D eigenvalue weighted by molar-refractivity contribution is -0.147. The van der Waals surface area contributed by atoms with Crippen molar-refractivity contribution >= 4 is 18.0 Å². The van der Waals surface area contributed by atoms with E-state index in [0.717, 1.165) is 0 Å². The Kier molecular flexibility index (Phi) is 5.00. The first-order valence-electron chi connectivity index (χ1n) is 3.65. The zero-order valence-electron chi connectivity index (χ0n) is 7.23. The molecule has 0 saturated heterocycles. The Balaban J connectivity index is 4.17. The normalized spacial score (nSPS) is 11.5. The van der Waals surface area contributed by atoms with Crippen LogP contribution in [-0.2, 0) is 14.4 Å². The minimum absolute atomic E-state index is 0.131. The van der Waals surface area contributed by atoms with Gasteiger partial charge in [0, 0.05) is 6.42 Å². The molecule has 0 aliphatic carbocycles. The van der Waals surface area contributed by atoms with Gasteiger partial charge in [-0.2, -0.15) is 5.90 Å². The van der Waals surface area contributed by atoms with Crippen molar-refractivity contribution in [2.45, 2.75) is 18.9 Å². The molecule has 8 nitrogen and oxygen atoms in total. The van der Waals surface area contributed by atoms with Crippen LogP contribution in [0.15, 0.2) is 0 Å². The van der Waals surface area contributed by atoms with Crippen molar-refractivity contribution in [2.24, 2.45) is 11.6 Å². The fraction of sp³-hybridized carbons (Fsp3) is 0.500. The van der Waals surface area contributed by atoms with Crippen molar-refractivity contribution in [3.05, 3.63) is 0 Å². The summed E-state index contributed by atoms with van der Waals surface area (Å²) in [5, 5.41) is 10.3. The highest BCUT2D eigenvalue weighted by molar-refractivity contribution is 5.83. The van der Waals surface area contributed by atoms with E-state index in [2.05, 4.69) is 10.7 Å². The molecule has 0 aliphatic heterocycles. The van der Waals surface area contributed by atoms with Crippen LogP contribution < -0.4 is 16.9 Å². The van der Waals surface area contributed by atoms with Crippen LogP contribution in [0.1, 0.15) is 12.8 Å². The van der Waals surface area contributed by atoms with Crippen molar-refractivity contribution in [1.82, 2.24) is 5.32 Å². The average Bonchev–Trinajstić information content (AvgIpc) is 2.10. The number of amides is 2. The molecule has 0 saturated carbocycles. The second-order valence-corrected chi connectivity index (χ2v) is 2.43. The number of hydrogen-bond acceptors (Lipinski definition) is 5. The van der Waals surface area contributed by atoms with E-state index in [0.29, 0.717) is 0 Å². The molecule has 0 bridgehead atoms. The highest BCUT2D eigenvalue weighted by atomic mass is 16.7. The van der Waals surface area contributed by atoms with E-state index in [9.17, 15) is 14.4 Å². The molecular formula is C6H11N3O5. The van der Waals surface area contributed by atoms with Crippen LogP contribution in [0.5, 0.6) is 0 Å². The Morgan fingerprint density at radius 2 is 2.00 bits per heavy atom. The number of aliphatic carboxylic acids is 1. The number of nitrogens with two attached hydrogens (primary N) is 2. The van der Waals surface area contributed by atoms with Gasteiger partial charge in [0.15, 0.2) is 0 Å².